The van der Waals surface area contributed by atoms with Crippen LogP contribution in [0.3, 0.4) is 0 Å². The van der Waals surface area contributed by atoms with Crippen LogP contribution in [0.15, 0.2) is 42.7 Å². The molecule has 3 heterocycles. The van der Waals surface area contributed by atoms with E-state index in [0.717, 1.165) is 22.3 Å². The molecule has 0 bridgehead atoms. The van der Waals surface area contributed by atoms with E-state index in [0.29, 0.717) is 13.0 Å². The molecule has 2 aliphatic heterocycles. The molecule has 1 aromatic heterocycles. The first-order chi connectivity index (χ1) is 13.3. The lowest BCUT2D eigenvalue weighted by Gasteiger charge is -2.31. The molecule has 146 valence electrons. The quantitative estimate of drug-likeness (QED) is 0.746. The van der Waals surface area contributed by atoms with Crippen LogP contribution in [0.25, 0.3) is 11.1 Å². The van der Waals surface area contributed by atoms with Crippen LogP contribution in [-0.4, -0.2) is 47.5 Å². The first-order valence-electron chi connectivity index (χ1n) is 8.90. The van der Waals surface area contributed by atoms with Gasteiger partial charge < -0.3 is 5.32 Å². The average molecular weight is 400 g/mol. The number of nitrogens with one attached hydrogen (secondary N) is 2. The zero-order valence-corrected chi connectivity index (χ0v) is 16.1. The third-order valence-electron chi connectivity index (χ3n) is 5.16. The summed E-state index contributed by atoms with van der Waals surface area (Å²) in [5.41, 5.74) is 2.64. The molecule has 0 spiro atoms. The second-order valence-electron chi connectivity index (χ2n) is 7.31. The van der Waals surface area contributed by atoms with Gasteiger partial charge in [-0.1, -0.05) is 24.3 Å². The second-order valence-corrected chi connectivity index (χ2v) is 9.27. The van der Waals surface area contributed by atoms with Crippen LogP contribution < -0.4 is 10.6 Å². The third kappa shape index (κ3) is 3.38. The summed E-state index contributed by atoms with van der Waals surface area (Å²) >= 11 is 0. The normalized spacial score (nSPS) is 22.5. The number of pyridine rings is 1. The Balaban J connectivity index is 1.54. The number of aromatic nitrogens is 1. The van der Waals surface area contributed by atoms with Crippen LogP contribution in [0.1, 0.15) is 18.1 Å². The van der Waals surface area contributed by atoms with Gasteiger partial charge in [0.15, 0.2) is 0 Å². The molecule has 8 nitrogen and oxygen atoms in total. The minimum atomic E-state index is -3.74. The Hall–Kier alpha value is -2.78. The molecule has 9 heteroatoms. The number of nitrogens with zero attached hydrogens (tertiary/aromatic N) is 2. The Bertz CT molecular complexity index is 1050. The maximum Gasteiger partial charge on any atom is 0.322 e. The van der Waals surface area contributed by atoms with Gasteiger partial charge >= 0.3 is 6.03 Å². The van der Waals surface area contributed by atoms with Gasteiger partial charge in [0, 0.05) is 25.5 Å². The van der Waals surface area contributed by atoms with E-state index in [9.17, 15) is 18.0 Å². The Morgan fingerprint density at radius 2 is 2.00 bits per heavy atom. The van der Waals surface area contributed by atoms with Crippen molar-refractivity contribution >= 4 is 22.0 Å². The molecule has 28 heavy (non-hydrogen) atoms. The molecule has 1 fully saturated rings. The standard InChI is InChI=1S/C19H20N4O4S/c1-19(17(24)21-18(25)22-19)12-28(26,27)23-8-6-14-9-13(4-5-16(14)11-23)15-3-2-7-20-10-15/h2-5,7,9-10H,6,8,11-12H2,1H3,(H2,21,22,24,25)/t19-/m1/s1. The minimum Gasteiger partial charge on any atom is -0.322 e. The van der Waals surface area contributed by atoms with Crippen molar-refractivity contribution in [2.24, 2.45) is 0 Å². The van der Waals surface area contributed by atoms with E-state index in [1.54, 1.807) is 12.4 Å². The zero-order valence-electron chi connectivity index (χ0n) is 15.3. The van der Waals surface area contributed by atoms with E-state index in [-0.39, 0.29) is 6.54 Å². The van der Waals surface area contributed by atoms with Crippen molar-refractivity contribution in [2.75, 3.05) is 12.3 Å². The molecule has 3 amide bonds. The molecular weight excluding hydrogens is 380 g/mol. The number of imide groups is 1. The van der Waals surface area contributed by atoms with Crippen LogP contribution in [0.5, 0.6) is 0 Å². The lowest BCUT2D eigenvalue weighted by Crippen LogP contribution is -2.53. The highest BCUT2D eigenvalue weighted by atomic mass is 32.2. The van der Waals surface area contributed by atoms with Gasteiger partial charge in [-0.05, 0) is 41.7 Å². The SMILES string of the molecule is C[C@]1(CS(=O)(=O)N2CCc3cc(-c4cccnc4)ccc3C2)NC(=O)NC1=O. The highest BCUT2D eigenvalue weighted by Gasteiger charge is 2.46. The van der Waals surface area contributed by atoms with Crippen molar-refractivity contribution in [2.45, 2.75) is 25.4 Å². The molecule has 2 aliphatic rings. The maximum absolute atomic E-state index is 12.9. The predicted molar refractivity (Wildman–Crippen MR) is 103 cm³/mol. The van der Waals surface area contributed by atoms with Crippen molar-refractivity contribution < 1.29 is 18.0 Å². The Morgan fingerprint density at radius 3 is 2.68 bits per heavy atom. The maximum atomic E-state index is 12.9. The molecule has 2 aromatic rings. The number of carbonyl (C=O) groups is 2. The first kappa shape index (κ1) is 18.6. The van der Waals surface area contributed by atoms with Crippen molar-refractivity contribution in [3.05, 3.63) is 53.9 Å². The van der Waals surface area contributed by atoms with Crippen molar-refractivity contribution in [3.8, 4) is 11.1 Å². The van der Waals surface area contributed by atoms with E-state index >= 15 is 0 Å². The molecular formula is C19H20N4O4S. The van der Waals surface area contributed by atoms with Crippen molar-refractivity contribution in [1.82, 2.24) is 19.9 Å². The van der Waals surface area contributed by atoms with Gasteiger partial charge in [0.05, 0.1) is 5.75 Å². The number of fused-ring (bicyclic) bond motifs is 1. The molecule has 2 N–H and O–H groups in total. The van der Waals surface area contributed by atoms with Crippen molar-refractivity contribution in [3.63, 3.8) is 0 Å². The van der Waals surface area contributed by atoms with Gasteiger partial charge in [-0.15, -0.1) is 0 Å². The van der Waals surface area contributed by atoms with Crippen LogP contribution in [-0.2, 0) is 27.8 Å². The molecule has 0 saturated carbocycles. The number of amides is 3. The Labute approximate surface area is 163 Å². The van der Waals surface area contributed by atoms with Gasteiger partial charge in [0.25, 0.3) is 5.91 Å². The number of carbonyl (C=O) groups excluding carboxylic acids is 2. The van der Waals surface area contributed by atoms with E-state index in [2.05, 4.69) is 21.7 Å². The Kier molecular flexibility index (Phi) is 4.43. The summed E-state index contributed by atoms with van der Waals surface area (Å²) < 4.78 is 27.1. The number of urea groups is 1. The van der Waals surface area contributed by atoms with Gasteiger partial charge in [0.1, 0.15) is 5.54 Å². The summed E-state index contributed by atoms with van der Waals surface area (Å²) in [5, 5.41) is 4.50. The van der Waals surface area contributed by atoms with Gasteiger partial charge in [-0.25, -0.2) is 13.2 Å². The van der Waals surface area contributed by atoms with E-state index in [1.165, 1.54) is 11.2 Å². The summed E-state index contributed by atoms with van der Waals surface area (Å²) in [6, 6.07) is 9.15. The zero-order chi connectivity index (χ0) is 19.9. The number of rotatable bonds is 4. The van der Waals surface area contributed by atoms with Crippen LogP contribution in [0, 0.1) is 0 Å². The monoisotopic (exact) mass is 400 g/mol. The van der Waals surface area contributed by atoms with Gasteiger partial charge in [0.2, 0.25) is 10.0 Å². The van der Waals surface area contributed by atoms with Crippen LogP contribution in [0.4, 0.5) is 4.79 Å². The topological polar surface area (TPSA) is 108 Å². The minimum absolute atomic E-state index is 0.247. The largest absolute Gasteiger partial charge is 0.322 e. The fourth-order valence-electron chi connectivity index (χ4n) is 3.61. The number of hydrogen-bond donors (Lipinski definition) is 2. The average Bonchev–Trinajstić information content (AvgIpc) is 2.92. The van der Waals surface area contributed by atoms with E-state index in [1.807, 2.05) is 24.3 Å². The number of benzene rings is 1. The second kappa shape index (κ2) is 6.68. The van der Waals surface area contributed by atoms with Crippen LogP contribution in [0.2, 0.25) is 0 Å². The fourth-order valence-corrected chi connectivity index (χ4v) is 5.44. The summed E-state index contributed by atoms with van der Waals surface area (Å²) in [4.78, 5) is 27.5. The molecule has 4 rings (SSSR count). The summed E-state index contributed by atoms with van der Waals surface area (Å²) in [7, 11) is -3.74. The first-order valence-corrected chi connectivity index (χ1v) is 10.5. The smallest absolute Gasteiger partial charge is 0.322 e. The van der Waals surface area contributed by atoms with Gasteiger partial charge in [-0.2, -0.15) is 4.31 Å². The molecule has 1 aromatic carbocycles. The van der Waals surface area contributed by atoms with Crippen molar-refractivity contribution in [1.29, 1.82) is 0 Å². The fraction of sp³-hybridized carbons (Fsp3) is 0.316. The third-order valence-corrected chi connectivity index (χ3v) is 7.20. The summed E-state index contributed by atoms with van der Waals surface area (Å²) in [5.74, 6) is -1.10. The molecule has 0 radical (unpaired) electrons. The van der Waals surface area contributed by atoms with E-state index < -0.39 is 33.3 Å². The summed E-state index contributed by atoms with van der Waals surface area (Å²) in [6.45, 7) is 2.00. The number of sulfonamides is 1. The van der Waals surface area contributed by atoms with Gasteiger partial charge in [-0.3, -0.25) is 15.1 Å². The molecule has 0 unspecified atom stereocenters. The summed E-state index contributed by atoms with van der Waals surface area (Å²) in [6.07, 6.45) is 4.10. The molecule has 1 atom stereocenters. The highest BCUT2D eigenvalue weighted by Crippen LogP contribution is 2.28. The predicted octanol–water partition coefficient (Wildman–Crippen LogP) is 1.03. The van der Waals surface area contributed by atoms with Crippen LogP contribution >= 0.6 is 0 Å². The lowest BCUT2D eigenvalue weighted by atomic mass is 9.96. The lowest BCUT2D eigenvalue weighted by molar-refractivity contribution is -0.122. The Morgan fingerprint density at radius 1 is 1.18 bits per heavy atom. The van der Waals surface area contributed by atoms with E-state index in [4.69, 9.17) is 0 Å². The number of hydrogen-bond acceptors (Lipinski definition) is 5. The molecule has 1 saturated heterocycles. The highest BCUT2D eigenvalue weighted by molar-refractivity contribution is 7.89. The molecule has 0 aliphatic carbocycles.